The highest BCUT2D eigenvalue weighted by Gasteiger charge is 2.23. The van der Waals surface area contributed by atoms with Gasteiger partial charge in [0, 0.05) is 0 Å². The summed E-state index contributed by atoms with van der Waals surface area (Å²) in [6, 6.07) is 26.5. The Morgan fingerprint density at radius 1 is 0.788 bits per heavy atom. The molecule has 33 heavy (non-hydrogen) atoms. The van der Waals surface area contributed by atoms with Crippen LogP contribution in [0.25, 0.3) is 5.69 Å². The maximum atomic E-state index is 12.9. The molecule has 0 radical (unpaired) electrons. The summed E-state index contributed by atoms with van der Waals surface area (Å²) in [4.78, 5) is 25.5. The van der Waals surface area contributed by atoms with Gasteiger partial charge in [0.25, 0.3) is 0 Å². The van der Waals surface area contributed by atoms with Gasteiger partial charge in [0.1, 0.15) is 18.8 Å². The Labute approximate surface area is 192 Å². The Kier molecular flexibility index (Phi) is 6.95. The summed E-state index contributed by atoms with van der Waals surface area (Å²) in [5, 5.41) is 4.37. The van der Waals surface area contributed by atoms with Crippen molar-refractivity contribution in [2.45, 2.75) is 26.6 Å². The summed E-state index contributed by atoms with van der Waals surface area (Å²) in [6.07, 6.45) is 1.32. The van der Waals surface area contributed by atoms with Gasteiger partial charge in [-0.05, 0) is 30.2 Å². The van der Waals surface area contributed by atoms with Gasteiger partial charge < -0.3 is 9.47 Å². The minimum Gasteiger partial charge on any atom is -0.461 e. The van der Waals surface area contributed by atoms with E-state index in [0.29, 0.717) is 5.69 Å². The Bertz CT molecular complexity index is 1220. The van der Waals surface area contributed by atoms with Gasteiger partial charge in [0.2, 0.25) is 0 Å². The maximum Gasteiger partial charge on any atom is 0.341 e. The van der Waals surface area contributed by atoms with Gasteiger partial charge >= 0.3 is 11.9 Å². The molecule has 0 unspecified atom stereocenters. The first-order valence-corrected chi connectivity index (χ1v) is 10.6. The lowest BCUT2D eigenvalue weighted by Crippen LogP contribution is -2.16. The summed E-state index contributed by atoms with van der Waals surface area (Å²) < 4.78 is 12.5. The number of aromatic nitrogens is 2. The van der Waals surface area contributed by atoms with Crippen LogP contribution >= 0.6 is 0 Å². The fourth-order valence-electron chi connectivity index (χ4n) is 3.35. The molecule has 0 amide bonds. The lowest BCUT2D eigenvalue weighted by atomic mass is 10.1. The van der Waals surface area contributed by atoms with E-state index in [4.69, 9.17) is 9.47 Å². The fraction of sp³-hybridized carbons (Fsp3) is 0.148. The van der Waals surface area contributed by atoms with Gasteiger partial charge in [-0.15, -0.1) is 0 Å². The molecule has 0 aliphatic carbocycles. The third-order valence-electron chi connectivity index (χ3n) is 5.13. The summed E-state index contributed by atoms with van der Waals surface area (Å²) >= 11 is 0. The number of carbonyl (C=O) groups excluding carboxylic acids is 2. The molecular formula is C27H24N2O4. The Balaban J connectivity index is 1.54. The zero-order valence-corrected chi connectivity index (χ0v) is 18.3. The third kappa shape index (κ3) is 5.74. The highest BCUT2D eigenvalue weighted by molar-refractivity contribution is 5.92. The van der Waals surface area contributed by atoms with Crippen molar-refractivity contribution >= 4 is 11.9 Å². The molecule has 3 aromatic carbocycles. The second-order valence-electron chi connectivity index (χ2n) is 7.64. The van der Waals surface area contributed by atoms with E-state index < -0.39 is 11.9 Å². The van der Waals surface area contributed by atoms with Gasteiger partial charge in [-0.1, -0.05) is 78.4 Å². The number of benzene rings is 3. The van der Waals surface area contributed by atoms with Gasteiger partial charge in [0.05, 0.1) is 24.0 Å². The highest BCUT2D eigenvalue weighted by Crippen LogP contribution is 2.19. The normalized spacial score (nSPS) is 10.6. The van der Waals surface area contributed by atoms with Crippen LogP contribution in [0.3, 0.4) is 0 Å². The van der Waals surface area contributed by atoms with E-state index in [0.717, 1.165) is 22.4 Å². The van der Waals surface area contributed by atoms with Crippen LogP contribution < -0.4 is 0 Å². The lowest BCUT2D eigenvalue weighted by molar-refractivity contribution is -0.144. The van der Waals surface area contributed by atoms with E-state index >= 15 is 0 Å². The molecule has 6 heteroatoms. The number of hydrogen-bond acceptors (Lipinski definition) is 5. The summed E-state index contributed by atoms with van der Waals surface area (Å²) in [7, 11) is 0. The molecular weight excluding hydrogens is 416 g/mol. The van der Waals surface area contributed by atoms with Crippen molar-refractivity contribution in [3.05, 3.63) is 119 Å². The lowest BCUT2D eigenvalue weighted by Gasteiger charge is -2.11. The van der Waals surface area contributed by atoms with Crippen LogP contribution in [0.4, 0.5) is 0 Å². The second-order valence-corrected chi connectivity index (χ2v) is 7.64. The van der Waals surface area contributed by atoms with Gasteiger partial charge in [0.15, 0.2) is 0 Å². The summed E-state index contributed by atoms with van der Waals surface area (Å²) in [6.45, 7) is 2.28. The molecule has 0 bridgehead atoms. The van der Waals surface area contributed by atoms with Crippen LogP contribution in [0.15, 0.2) is 91.1 Å². The standard InChI is InChI=1S/C27H24N2O4/c1-20-12-14-23(15-13-20)29-25(16-26(30)32-18-21-8-4-2-5-9-21)24(17-28-29)27(31)33-19-22-10-6-3-7-11-22/h2-15,17H,16,18-19H2,1H3. The molecule has 0 spiro atoms. The predicted octanol–water partition coefficient (Wildman–Crippen LogP) is 4.82. The monoisotopic (exact) mass is 440 g/mol. The molecule has 4 aromatic rings. The molecule has 0 atom stereocenters. The van der Waals surface area contributed by atoms with E-state index in [1.807, 2.05) is 91.9 Å². The van der Waals surface area contributed by atoms with Crippen molar-refractivity contribution in [3.63, 3.8) is 0 Å². The van der Waals surface area contributed by atoms with Crippen LogP contribution in [0, 0.1) is 6.92 Å². The molecule has 0 N–H and O–H groups in total. The van der Waals surface area contributed by atoms with Gasteiger partial charge in [-0.2, -0.15) is 5.10 Å². The minimum atomic E-state index is -0.539. The highest BCUT2D eigenvalue weighted by atomic mass is 16.5. The van der Waals surface area contributed by atoms with Crippen LogP contribution in [0.1, 0.15) is 32.7 Å². The summed E-state index contributed by atoms with van der Waals surface area (Å²) in [5.41, 5.74) is 4.27. The van der Waals surface area contributed by atoms with Gasteiger partial charge in [-0.3, -0.25) is 4.79 Å². The van der Waals surface area contributed by atoms with Crippen LogP contribution in [0.2, 0.25) is 0 Å². The Hall–Kier alpha value is -4.19. The number of aryl methyl sites for hydroxylation is 1. The first-order chi connectivity index (χ1) is 16.1. The fourth-order valence-corrected chi connectivity index (χ4v) is 3.35. The molecule has 0 saturated carbocycles. The average molecular weight is 440 g/mol. The van der Waals surface area contributed by atoms with Crippen LogP contribution in [0.5, 0.6) is 0 Å². The third-order valence-corrected chi connectivity index (χ3v) is 5.13. The molecule has 0 aliphatic heterocycles. The molecule has 166 valence electrons. The zero-order chi connectivity index (χ0) is 23.0. The zero-order valence-electron chi connectivity index (χ0n) is 18.3. The first-order valence-electron chi connectivity index (χ1n) is 10.6. The van der Waals surface area contributed by atoms with E-state index in [1.165, 1.54) is 6.20 Å². The number of esters is 2. The number of hydrogen-bond donors (Lipinski definition) is 0. The number of ether oxygens (including phenoxy) is 2. The molecule has 1 heterocycles. The van der Waals surface area contributed by atoms with Gasteiger partial charge in [-0.25, -0.2) is 9.48 Å². The molecule has 0 fully saturated rings. The maximum absolute atomic E-state index is 12.9. The first kappa shape index (κ1) is 22.0. The van der Waals surface area contributed by atoms with Crippen molar-refractivity contribution in [1.82, 2.24) is 9.78 Å². The molecule has 4 rings (SSSR count). The van der Waals surface area contributed by atoms with Crippen LogP contribution in [-0.4, -0.2) is 21.7 Å². The van der Waals surface area contributed by atoms with E-state index in [2.05, 4.69) is 5.10 Å². The summed E-state index contributed by atoms with van der Waals surface area (Å²) in [5.74, 6) is -0.993. The van der Waals surface area contributed by atoms with E-state index in [-0.39, 0.29) is 25.2 Å². The molecule has 1 aromatic heterocycles. The second kappa shape index (κ2) is 10.4. The largest absolute Gasteiger partial charge is 0.461 e. The van der Waals surface area contributed by atoms with Crippen molar-refractivity contribution in [1.29, 1.82) is 0 Å². The quantitative estimate of drug-likeness (QED) is 0.367. The van der Waals surface area contributed by atoms with Crippen molar-refractivity contribution in [2.24, 2.45) is 0 Å². The van der Waals surface area contributed by atoms with Crippen LogP contribution in [-0.2, 0) is 33.9 Å². The van der Waals surface area contributed by atoms with E-state index in [1.54, 1.807) is 4.68 Å². The molecule has 6 nitrogen and oxygen atoms in total. The number of rotatable bonds is 8. The van der Waals surface area contributed by atoms with Crippen molar-refractivity contribution in [3.8, 4) is 5.69 Å². The predicted molar refractivity (Wildman–Crippen MR) is 124 cm³/mol. The van der Waals surface area contributed by atoms with Crippen molar-refractivity contribution < 1.29 is 19.1 Å². The Morgan fingerprint density at radius 3 is 1.97 bits per heavy atom. The topological polar surface area (TPSA) is 70.4 Å². The molecule has 0 saturated heterocycles. The minimum absolute atomic E-state index is 0.115. The average Bonchev–Trinajstić information content (AvgIpc) is 3.26. The number of nitrogens with zero attached hydrogens (tertiary/aromatic N) is 2. The number of carbonyl (C=O) groups is 2. The van der Waals surface area contributed by atoms with E-state index in [9.17, 15) is 9.59 Å². The van der Waals surface area contributed by atoms with Crippen molar-refractivity contribution in [2.75, 3.05) is 0 Å². The SMILES string of the molecule is Cc1ccc(-n2ncc(C(=O)OCc3ccccc3)c2CC(=O)OCc2ccccc2)cc1. The Morgan fingerprint density at radius 2 is 1.36 bits per heavy atom. The molecule has 0 aliphatic rings. The smallest absolute Gasteiger partial charge is 0.341 e.